The summed E-state index contributed by atoms with van der Waals surface area (Å²) in [6.45, 7) is 0. The molecular weight excluding hydrogens is 214 g/mol. The molecular formula is C7H4ClNO3S. The van der Waals surface area contributed by atoms with Crippen molar-refractivity contribution in [3.05, 3.63) is 25.6 Å². The van der Waals surface area contributed by atoms with Crippen LogP contribution in [-0.2, 0) is 6.42 Å². The van der Waals surface area contributed by atoms with Gasteiger partial charge in [0.05, 0.1) is 9.80 Å². The highest BCUT2D eigenvalue weighted by Gasteiger charge is 2.31. The molecule has 1 heterocycles. The van der Waals surface area contributed by atoms with Gasteiger partial charge in [0, 0.05) is 12.0 Å². The Labute approximate surface area is 82.3 Å². The molecule has 13 heavy (non-hydrogen) atoms. The molecule has 0 saturated heterocycles. The van der Waals surface area contributed by atoms with Gasteiger partial charge < -0.3 is 0 Å². The second-order valence-corrected chi connectivity index (χ2v) is 4.09. The Morgan fingerprint density at radius 2 is 2.15 bits per heavy atom. The Morgan fingerprint density at radius 3 is 2.69 bits per heavy atom. The van der Waals surface area contributed by atoms with E-state index in [1.807, 2.05) is 0 Å². The normalized spacial score (nSPS) is 14.7. The molecule has 68 valence electrons. The zero-order valence-corrected chi connectivity index (χ0v) is 7.94. The summed E-state index contributed by atoms with van der Waals surface area (Å²) in [7, 11) is 0. The lowest BCUT2D eigenvalue weighted by Gasteiger charge is -1.87. The first-order chi connectivity index (χ1) is 6.11. The van der Waals surface area contributed by atoms with Gasteiger partial charge in [-0.15, -0.1) is 0 Å². The first-order valence-corrected chi connectivity index (χ1v) is 4.79. The summed E-state index contributed by atoms with van der Waals surface area (Å²) in [5.74, 6) is -0.0324. The third-order valence-corrected chi connectivity index (χ3v) is 3.69. The molecule has 1 aliphatic rings. The van der Waals surface area contributed by atoms with Crippen LogP contribution in [0.2, 0.25) is 5.02 Å². The summed E-state index contributed by atoms with van der Waals surface area (Å²) >= 11 is 6.63. The van der Waals surface area contributed by atoms with Gasteiger partial charge in [0.15, 0.2) is 5.78 Å². The average Bonchev–Trinajstić information content (AvgIpc) is 2.55. The standard InChI is InChI=1S/C7H4ClNO3S/c8-5-3-1-2-4(10)6(3)13-7(5)9(11)12/h1-2H2. The highest BCUT2D eigenvalue weighted by Crippen LogP contribution is 2.43. The molecule has 1 aromatic rings. The molecule has 0 N–H and O–H groups in total. The van der Waals surface area contributed by atoms with Crippen LogP contribution in [0.4, 0.5) is 5.00 Å². The van der Waals surface area contributed by atoms with E-state index in [1.165, 1.54) is 0 Å². The van der Waals surface area contributed by atoms with E-state index in [0.29, 0.717) is 23.3 Å². The average molecular weight is 218 g/mol. The second kappa shape index (κ2) is 2.78. The van der Waals surface area contributed by atoms with E-state index in [9.17, 15) is 14.9 Å². The number of nitrogens with zero attached hydrogens (tertiary/aromatic N) is 1. The number of fused-ring (bicyclic) bond motifs is 1. The molecule has 4 nitrogen and oxygen atoms in total. The fourth-order valence-electron chi connectivity index (χ4n) is 1.35. The lowest BCUT2D eigenvalue weighted by Crippen LogP contribution is -1.87. The first kappa shape index (κ1) is 8.65. The highest BCUT2D eigenvalue weighted by molar-refractivity contribution is 7.18. The predicted molar refractivity (Wildman–Crippen MR) is 48.6 cm³/mol. The van der Waals surface area contributed by atoms with Crippen LogP contribution in [-0.4, -0.2) is 10.7 Å². The zero-order chi connectivity index (χ0) is 9.59. The molecule has 0 amide bonds. The third kappa shape index (κ3) is 1.15. The minimum atomic E-state index is -0.543. The van der Waals surface area contributed by atoms with E-state index < -0.39 is 4.92 Å². The number of Topliss-reactive ketones (excluding diaryl/α,β-unsaturated/α-hetero) is 1. The van der Waals surface area contributed by atoms with Gasteiger partial charge in [-0.1, -0.05) is 22.9 Å². The Balaban J connectivity index is 2.61. The maximum atomic E-state index is 11.2. The van der Waals surface area contributed by atoms with Crippen LogP contribution < -0.4 is 0 Å². The number of hydrogen-bond acceptors (Lipinski definition) is 4. The maximum Gasteiger partial charge on any atom is 0.343 e. The molecule has 2 rings (SSSR count). The lowest BCUT2D eigenvalue weighted by molar-refractivity contribution is -0.380. The smallest absolute Gasteiger partial charge is 0.293 e. The Morgan fingerprint density at radius 1 is 1.46 bits per heavy atom. The fraction of sp³-hybridized carbons (Fsp3) is 0.286. The van der Waals surface area contributed by atoms with Gasteiger partial charge in [-0.3, -0.25) is 14.9 Å². The molecule has 0 unspecified atom stereocenters. The molecule has 0 radical (unpaired) electrons. The third-order valence-electron chi connectivity index (χ3n) is 1.95. The van der Waals surface area contributed by atoms with Crippen molar-refractivity contribution in [3.8, 4) is 0 Å². The van der Waals surface area contributed by atoms with Gasteiger partial charge in [0.25, 0.3) is 0 Å². The predicted octanol–water partition coefficient (Wildman–Crippen LogP) is 2.44. The van der Waals surface area contributed by atoms with Crippen LogP contribution in [0.25, 0.3) is 0 Å². The largest absolute Gasteiger partial charge is 0.343 e. The van der Waals surface area contributed by atoms with Crippen LogP contribution >= 0.6 is 22.9 Å². The molecule has 0 bridgehead atoms. The summed E-state index contributed by atoms with van der Waals surface area (Å²) < 4.78 is 0. The fourth-order valence-corrected chi connectivity index (χ4v) is 2.80. The monoisotopic (exact) mass is 217 g/mol. The van der Waals surface area contributed by atoms with Gasteiger partial charge in [-0.05, 0) is 6.42 Å². The van der Waals surface area contributed by atoms with Crippen molar-refractivity contribution >= 4 is 33.7 Å². The van der Waals surface area contributed by atoms with Crippen molar-refractivity contribution in [2.24, 2.45) is 0 Å². The van der Waals surface area contributed by atoms with Gasteiger partial charge in [-0.25, -0.2) is 0 Å². The minimum Gasteiger partial charge on any atom is -0.293 e. The SMILES string of the molecule is O=C1CCc2c1sc([N+](=O)[O-])c2Cl. The summed E-state index contributed by atoms with van der Waals surface area (Å²) in [5.41, 5.74) is 0.656. The van der Waals surface area contributed by atoms with Crippen molar-refractivity contribution in [2.45, 2.75) is 12.8 Å². The van der Waals surface area contributed by atoms with Crippen molar-refractivity contribution in [1.29, 1.82) is 0 Å². The van der Waals surface area contributed by atoms with E-state index in [2.05, 4.69) is 0 Å². The molecule has 1 aliphatic carbocycles. The Bertz CT molecular complexity index is 411. The topological polar surface area (TPSA) is 60.2 Å². The first-order valence-electron chi connectivity index (χ1n) is 3.60. The van der Waals surface area contributed by atoms with Crippen molar-refractivity contribution in [3.63, 3.8) is 0 Å². The zero-order valence-electron chi connectivity index (χ0n) is 6.37. The van der Waals surface area contributed by atoms with Gasteiger partial charge in [-0.2, -0.15) is 0 Å². The van der Waals surface area contributed by atoms with E-state index in [1.54, 1.807) is 0 Å². The summed E-state index contributed by atoms with van der Waals surface area (Å²) in [4.78, 5) is 21.6. The lowest BCUT2D eigenvalue weighted by atomic mass is 10.3. The van der Waals surface area contributed by atoms with Crippen LogP contribution in [0.15, 0.2) is 0 Å². The van der Waals surface area contributed by atoms with E-state index in [4.69, 9.17) is 11.6 Å². The molecule has 1 aromatic heterocycles. The molecule has 0 fully saturated rings. The molecule has 6 heteroatoms. The van der Waals surface area contributed by atoms with E-state index in [0.717, 1.165) is 11.3 Å². The highest BCUT2D eigenvalue weighted by atomic mass is 35.5. The number of carbonyl (C=O) groups is 1. The van der Waals surface area contributed by atoms with Crippen LogP contribution in [0.3, 0.4) is 0 Å². The number of carbonyl (C=O) groups excluding carboxylic acids is 1. The van der Waals surface area contributed by atoms with Gasteiger partial charge in [0.2, 0.25) is 0 Å². The summed E-state index contributed by atoms with van der Waals surface area (Å²) in [6, 6.07) is 0. The van der Waals surface area contributed by atoms with Crippen LogP contribution in [0.5, 0.6) is 0 Å². The number of nitro groups is 1. The molecule has 0 aromatic carbocycles. The van der Waals surface area contributed by atoms with E-state index in [-0.39, 0.29) is 15.8 Å². The molecule has 0 aliphatic heterocycles. The van der Waals surface area contributed by atoms with Gasteiger partial charge in [0.1, 0.15) is 5.02 Å². The van der Waals surface area contributed by atoms with Crippen LogP contribution in [0.1, 0.15) is 21.7 Å². The van der Waals surface area contributed by atoms with Crippen molar-refractivity contribution < 1.29 is 9.72 Å². The maximum absolute atomic E-state index is 11.2. The Hall–Kier alpha value is -0.940. The minimum absolute atomic E-state index is 0.0324. The number of thiophene rings is 1. The molecule has 0 atom stereocenters. The summed E-state index contributed by atoms with van der Waals surface area (Å²) in [5, 5.41) is 10.5. The number of halogens is 1. The Kier molecular flexibility index (Phi) is 1.85. The van der Waals surface area contributed by atoms with Crippen molar-refractivity contribution in [1.82, 2.24) is 0 Å². The number of rotatable bonds is 1. The van der Waals surface area contributed by atoms with Gasteiger partial charge >= 0.3 is 5.00 Å². The molecule has 0 saturated carbocycles. The second-order valence-electron chi connectivity index (χ2n) is 2.71. The molecule has 0 spiro atoms. The summed E-state index contributed by atoms with van der Waals surface area (Å²) in [6.07, 6.45) is 0.968. The van der Waals surface area contributed by atoms with E-state index >= 15 is 0 Å². The number of ketones is 1. The van der Waals surface area contributed by atoms with Crippen molar-refractivity contribution in [2.75, 3.05) is 0 Å². The quantitative estimate of drug-likeness (QED) is 0.536. The van der Waals surface area contributed by atoms with Crippen LogP contribution in [0, 0.1) is 10.1 Å². The number of hydrogen-bond donors (Lipinski definition) is 0.